The van der Waals surface area contributed by atoms with E-state index in [1.807, 2.05) is 25.1 Å². The first-order valence-corrected chi connectivity index (χ1v) is 7.77. The van der Waals surface area contributed by atoms with E-state index in [0.29, 0.717) is 37.2 Å². The van der Waals surface area contributed by atoms with Gasteiger partial charge >= 0.3 is 0 Å². The Balaban J connectivity index is 1.60. The lowest BCUT2D eigenvalue weighted by molar-refractivity contribution is -0.0350. The number of rotatable bonds is 2. The Morgan fingerprint density at radius 3 is 3.00 bits per heavy atom. The van der Waals surface area contributed by atoms with Gasteiger partial charge in [-0.05, 0) is 19.1 Å². The van der Waals surface area contributed by atoms with E-state index in [9.17, 15) is 4.79 Å². The second-order valence-electron chi connectivity index (χ2n) is 5.89. The minimum Gasteiger partial charge on any atom is -0.423 e. The summed E-state index contributed by atoms with van der Waals surface area (Å²) in [5.41, 5.74) is 2.36. The molecule has 1 atom stereocenters. The van der Waals surface area contributed by atoms with Gasteiger partial charge in [-0.3, -0.25) is 9.89 Å². The molecule has 8 nitrogen and oxygen atoms in total. The third kappa shape index (κ3) is 2.54. The van der Waals surface area contributed by atoms with Crippen molar-refractivity contribution < 1.29 is 13.9 Å². The molecule has 4 rings (SSSR count). The molecule has 1 aliphatic heterocycles. The number of amides is 1. The number of aromatic amines is 1. The first kappa shape index (κ1) is 14.8. The molecule has 3 aromatic rings. The zero-order valence-electron chi connectivity index (χ0n) is 13.4. The maximum absolute atomic E-state index is 12.9. The number of H-pyrrole nitrogens is 1. The Morgan fingerprint density at radius 2 is 2.21 bits per heavy atom. The maximum atomic E-state index is 12.9. The minimum atomic E-state index is -0.407. The van der Waals surface area contributed by atoms with Crippen molar-refractivity contribution in [1.82, 2.24) is 25.3 Å². The summed E-state index contributed by atoms with van der Waals surface area (Å²) in [6.07, 6.45) is -0.407. The van der Waals surface area contributed by atoms with Gasteiger partial charge in [-0.2, -0.15) is 5.10 Å². The first-order chi connectivity index (χ1) is 11.6. The average Bonchev–Trinajstić information content (AvgIpc) is 3.20. The lowest BCUT2D eigenvalue weighted by atomic mass is 10.1. The summed E-state index contributed by atoms with van der Waals surface area (Å²) in [6, 6.07) is 5.88. The average molecular weight is 327 g/mol. The highest BCUT2D eigenvalue weighted by atomic mass is 16.5. The Morgan fingerprint density at radius 1 is 1.33 bits per heavy atom. The molecule has 0 spiro atoms. The fraction of sp³-hybridized carbons (Fsp3) is 0.375. The second-order valence-corrected chi connectivity index (χ2v) is 5.89. The number of fused-ring (bicyclic) bond motifs is 1. The normalized spacial score (nSPS) is 18.2. The molecule has 1 fully saturated rings. The Bertz CT molecular complexity index is 900. The van der Waals surface area contributed by atoms with Crippen molar-refractivity contribution in [1.29, 1.82) is 0 Å². The molecule has 1 saturated heterocycles. The van der Waals surface area contributed by atoms with Crippen molar-refractivity contribution in [2.24, 2.45) is 0 Å². The predicted molar refractivity (Wildman–Crippen MR) is 84.5 cm³/mol. The topological polar surface area (TPSA) is 97.1 Å². The van der Waals surface area contributed by atoms with Crippen LogP contribution in [0.1, 0.15) is 33.9 Å². The molecular weight excluding hydrogens is 310 g/mol. The number of hydrogen-bond acceptors (Lipinski definition) is 6. The smallest absolute Gasteiger partial charge is 0.275 e. The van der Waals surface area contributed by atoms with E-state index in [1.54, 1.807) is 11.8 Å². The molecule has 1 aromatic carbocycles. The van der Waals surface area contributed by atoms with Crippen LogP contribution in [0.4, 0.5) is 0 Å². The highest BCUT2D eigenvalue weighted by Crippen LogP contribution is 2.24. The van der Waals surface area contributed by atoms with Crippen LogP contribution < -0.4 is 0 Å². The lowest BCUT2D eigenvalue weighted by Gasteiger charge is -2.30. The molecule has 1 aliphatic rings. The SMILES string of the molecule is Cc1ccc2[nH]nc(C(=O)N3CCOC(c4nnc(C)o4)C3)c2c1. The van der Waals surface area contributed by atoms with Crippen LogP contribution in [-0.4, -0.2) is 50.9 Å². The van der Waals surface area contributed by atoms with Crippen molar-refractivity contribution in [3.63, 3.8) is 0 Å². The summed E-state index contributed by atoms with van der Waals surface area (Å²) in [5.74, 6) is 0.745. The third-order valence-electron chi connectivity index (χ3n) is 4.09. The summed E-state index contributed by atoms with van der Waals surface area (Å²) >= 11 is 0. The van der Waals surface area contributed by atoms with Crippen LogP contribution in [0.2, 0.25) is 0 Å². The highest BCUT2D eigenvalue weighted by molar-refractivity contribution is 6.04. The number of aryl methyl sites for hydroxylation is 2. The molecule has 24 heavy (non-hydrogen) atoms. The van der Waals surface area contributed by atoms with E-state index in [4.69, 9.17) is 9.15 Å². The number of benzene rings is 1. The number of carbonyl (C=O) groups is 1. The van der Waals surface area contributed by atoms with Gasteiger partial charge in [0.25, 0.3) is 5.91 Å². The van der Waals surface area contributed by atoms with Crippen LogP contribution in [0.5, 0.6) is 0 Å². The second kappa shape index (κ2) is 5.72. The molecule has 0 bridgehead atoms. The predicted octanol–water partition coefficient (Wildman–Crippen LogP) is 1.78. The Hall–Kier alpha value is -2.74. The van der Waals surface area contributed by atoms with Gasteiger partial charge < -0.3 is 14.1 Å². The van der Waals surface area contributed by atoms with E-state index in [0.717, 1.165) is 16.5 Å². The van der Waals surface area contributed by atoms with E-state index >= 15 is 0 Å². The van der Waals surface area contributed by atoms with Crippen LogP contribution in [0.3, 0.4) is 0 Å². The molecule has 3 heterocycles. The van der Waals surface area contributed by atoms with E-state index < -0.39 is 6.10 Å². The van der Waals surface area contributed by atoms with Crippen LogP contribution in [0, 0.1) is 13.8 Å². The van der Waals surface area contributed by atoms with Crippen molar-refractivity contribution in [3.05, 3.63) is 41.2 Å². The monoisotopic (exact) mass is 327 g/mol. The number of morpholine rings is 1. The fourth-order valence-electron chi connectivity index (χ4n) is 2.87. The zero-order valence-corrected chi connectivity index (χ0v) is 13.4. The van der Waals surface area contributed by atoms with Crippen molar-refractivity contribution in [2.75, 3.05) is 19.7 Å². The van der Waals surface area contributed by atoms with Crippen molar-refractivity contribution >= 4 is 16.8 Å². The van der Waals surface area contributed by atoms with E-state index in [-0.39, 0.29) is 5.91 Å². The Labute approximate surface area is 137 Å². The zero-order chi connectivity index (χ0) is 16.7. The van der Waals surface area contributed by atoms with Gasteiger partial charge in [0.2, 0.25) is 11.8 Å². The number of hydrogen-bond donors (Lipinski definition) is 1. The quantitative estimate of drug-likeness (QED) is 0.770. The summed E-state index contributed by atoms with van der Waals surface area (Å²) in [5, 5.41) is 15.7. The van der Waals surface area contributed by atoms with Crippen LogP contribution in [-0.2, 0) is 4.74 Å². The van der Waals surface area contributed by atoms with Crippen LogP contribution in [0.25, 0.3) is 10.9 Å². The molecule has 124 valence electrons. The highest BCUT2D eigenvalue weighted by Gasteiger charge is 2.31. The van der Waals surface area contributed by atoms with E-state index in [2.05, 4.69) is 20.4 Å². The molecule has 1 N–H and O–H groups in total. The number of aromatic nitrogens is 4. The standard InChI is InChI=1S/C16H17N5O3/c1-9-3-4-12-11(7-9)14(19-18-12)16(22)21-5-6-23-13(8-21)15-20-17-10(2)24-15/h3-4,7,13H,5-6,8H2,1-2H3,(H,18,19). The largest absolute Gasteiger partial charge is 0.423 e. The molecule has 8 heteroatoms. The Kier molecular flexibility index (Phi) is 3.53. The van der Waals surface area contributed by atoms with Gasteiger partial charge in [-0.15, -0.1) is 10.2 Å². The summed E-state index contributed by atoms with van der Waals surface area (Å²) in [7, 11) is 0. The van der Waals surface area contributed by atoms with Crippen LogP contribution >= 0.6 is 0 Å². The van der Waals surface area contributed by atoms with Crippen molar-refractivity contribution in [3.8, 4) is 0 Å². The molecule has 2 aromatic heterocycles. The number of ether oxygens (including phenoxy) is 1. The summed E-state index contributed by atoms with van der Waals surface area (Å²) < 4.78 is 11.1. The van der Waals surface area contributed by atoms with Crippen LogP contribution in [0.15, 0.2) is 22.6 Å². The van der Waals surface area contributed by atoms with E-state index in [1.165, 1.54) is 0 Å². The fourth-order valence-corrected chi connectivity index (χ4v) is 2.87. The number of carbonyl (C=O) groups excluding carboxylic acids is 1. The molecular formula is C16H17N5O3. The third-order valence-corrected chi connectivity index (χ3v) is 4.09. The molecule has 1 amide bonds. The number of nitrogens with zero attached hydrogens (tertiary/aromatic N) is 4. The van der Waals surface area contributed by atoms with Gasteiger partial charge in [0.15, 0.2) is 11.8 Å². The minimum absolute atomic E-state index is 0.128. The molecule has 0 aliphatic carbocycles. The summed E-state index contributed by atoms with van der Waals surface area (Å²) in [4.78, 5) is 14.6. The van der Waals surface area contributed by atoms with Gasteiger partial charge in [0.1, 0.15) is 0 Å². The van der Waals surface area contributed by atoms with Gasteiger partial charge in [-0.1, -0.05) is 11.6 Å². The van der Waals surface area contributed by atoms with Gasteiger partial charge in [0, 0.05) is 18.9 Å². The summed E-state index contributed by atoms with van der Waals surface area (Å²) in [6.45, 7) is 4.99. The maximum Gasteiger partial charge on any atom is 0.275 e. The number of nitrogens with one attached hydrogen (secondary N) is 1. The molecule has 1 unspecified atom stereocenters. The van der Waals surface area contributed by atoms with Gasteiger partial charge in [0.05, 0.1) is 18.7 Å². The lowest BCUT2D eigenvalue weighted by Crippen LogP contribution is -2.42. The molecule has 0 radical (unpaired) electrons. The van der Waals surface area contributed by atoms with Crippen molar-refractivity contribution in [2.45, 2.75) is 20.0 Å². The molecule has 0 saturated carbocycles. The van der Waals surface area contributed by atoms with Gasteiger partial charge in [-0.25, -0.2) is 0 Å². The first-order valence-electron chi connectivity index (χ1n) is 7.77.